The summed E-state index contributed by atoms with van der Waals surface area (Å²) in [4.78, 5) is 2.66. The van der Waals surface area contributed by atoms with Crippen molar-refractivity contribution in [3.05, 3.63) is 41.5 Å². The molecule has 0 bridgehead atoms. The fraction of sp³-hybridized carbons (Fsp3) is 0.500. The summed E-state index contributed by atoms with van der Waals surface area (Å²) in [5.41, 5.74) is 7.08. The Morgan fingerprint density at radius 1 is 1.16 bits per heavy atom. The second-order valence-corrected chi connectivity index (χ2v) is 9.96. The summed E-state index contributed by atoms with van der Waals surface area (Å²) in [7, 11) is 1.75. The Hall–Kier alpha value is -2.18. The standard InChI is InChI=1S/C26H33N3O2S/c1-17-14-18(2)24(23(15-17)30-3)21-6-5-7-22-25(26(32-4)27-29(21)22)28(16-19-8-9-19)20-10-12-31-13-11-20/h5-7,14-15,19-20H,8-13,16H2,1-4H3. The molecule has 170 valence electrons. The monoisotopic (exact) mass is 451 g/mol. The maximum absolute atomic E-state index is 5.81. The molecular weight excluding hydrogens is 418 g/mol. The lowest BCUT2D eigenvalue weighted by molar-refractivity contribution is 0.0841. The molecule has 0 unspecified atom stereocenters. The molecule has 3 heterocycles. The number of fused-ring (bicyclic) bond motifs is 1. The average Bonchev–Trinajstić information content (AvgIpc) is 3.55. The van der Waals surface area contributed by atoms with Crippen molar-refractivity contribution in [2.45, 2.75) is 50.6 Å². The zero-order chi connectivity index (χ0) is 22.2. The first kappa shape index (κ1) is 21.7. The predicted octanol–water partition coefficient (Wildman–Crippen LogP) is 5.74. The van der Waals surface area contributed by atoms with Crippen molar-refractivity contribution in [1.82, 2.24) is 9.61 Å². The summed E-state index contributed by atoms with van der Waals surface area (Å²) >= 11 is 1.75. The molecule has 32 heavy (non-hydrogen) atoms. The minimum atomic E-state index is 0.516. The molecule has 5 rings (SSSR count). The lowest BCUT2D eigenvalue weighted by Gasteiger charge is -2.36. The number of thioether (sulfide) groups is 1. The number of methoxy groups -OCH3 is 1. The van der Waals surface area contributed by atoms with Crippen LogP contribution in [-0.4, -0.2) is 48.8 Å². The zero-order valence-corrected chi connectivity index (χ0v) is 20.4. The van der Waals surface area contributed by atoms with E-state index in [1.54, 1.807) is 18.9 Å². The van der Waals surface area contributed by atoms with Gasteiger partial charge in [-0.2, -0.15) is 5.10 Å². The van der Waals surface area contributed by atoms with E-state index >= 15 is 0 Å². The summed E-state index contributed by atoms with van der Waals surface area (Å²) in [5, 5.41) is 6.25. The third-order valence-electron chi connectivity index (χ3n) is 6.78. The van der Waals surface area contributed by atoms with E-state index < -0.39 is 0 Å². The number of pyridine rings is 1. The lowest BCUT2D eigenvalue weighted by Crippen LogP contribution is -2.41. The fourth-order valence-corrected chi connectivity index (χ4v) is 5.63. The highest BCUT2D eigenvalue weighted by Crippen LogP contribution is 2.42. The van der Waals surface area contributed by atoms with Crippen molar-refractivity contribution < 1.29 is 9.47 Å². The van der Waals surface area contributed by atoms with E-state index in [1.165, 1.54) is 35.2 Å². The number of ether oxygens (including phenoxy) is 2. The number of rotatable bonds is 7. The molecule has 5 nitrogen and oxygen atoms in total. The number of benzene rings is 1. The first-order valence-electron chi connectivity index (χ1n) is 11.7. The molecule has 0 radical (unpaired) electrons. The summed E-state index contributed by atoms with van der Waals surface area (Å²) in [6.45, 7) is 7.10. The Labute approximate surface area is 195 Å². The first-order chi connectivity index (χ1) is 15.6. The third kappa shape index (κ3) is 3.99. The van der Waals surface area contributed by atoms with E-state index in [9.17, 15) is 0 Å². The highest BCUT2D eigenvalue weighted by atomic mass is 32.2. The van der Waals surface area contributed by atoms with Gasteiger partial charge in [0.1, 0.15) is 10.8 Å². The van der Waals surface area contributed by atoms with Gasteiger partial charge in [-0.05, 0) is 81.0 Å². The van der Waals surface area contributed by atoms with Gasteiger partial charge in [0.25, 0.3) is 0 Å². The molecule has 3 aromatic rings. The van der Waals surface area contributed by atoms with Gasteiger partial charge in [-0.1, -0.05) is 12.1 Å². The molecule has 0 atom stereocenters. The van der Waals surface area contributed by atoms with Crippen LogP contribution in [0.25, 0.3) is 16.8 Å². The molecule has 1 aliphatic carbocycles. The Kier molecular flexibility index (Phi) is 6.08. The molecular formula is C26H33N3O2S. The average molecular weight is 452 g/mol. The highest BCUT2D eigenvalue weighted by Gasteiger charge is 2.33. The number of aryl methyl sites for hydroxylation is 2. The molecule has 2 fully saturated rings. The second kappa shape index (κ2) is 8.99. The number of nitrogens with zero attached hydrogens (tertiary/aromatic N) is 3. The van der Waals surface area contributed by atoms with Crippen LogP contribution >= 0.6 is 11.8 Å². The van der Waals surface area contributed by atoms with Gasteiger partial charge in [0.15, 0.2) is 0 Å². The maximum atomic E-state index is 5.81. The van der Waals surface area contributed by atoms with Gasteiger partial charge in [0.2, 0.25) is 0 Å². The Morgan fingerprint density at radius 2 is 1.94 bits per heavy atom. The molecule has 1 aromatic carbocycles. The smallest absolute Gasteiger partial charge is 0.142 e. The molecule has 1 aliphatic heterocycles. The van der Waals surface area contributed by atoms with E-state index in [0.29, 0.717) is 6.04 Å². The maximum Gasteiger partial charge on any atom is 0.142 e. The van der Waals surface area contributed by atoms with Crippen LogP contribution in [0.3, 0.4) is 0 Å². The lowest BCUT2D eigenvalue weighted by atomic mass is 10.0. The molecule has 0 amide bonds. The van der Waals surface area contributed by atoms with Gasteiger partial charge in [0, 0.05) is 31.4 Å². The summed E-state index contributed by atoms with van der Waals surface area (Å²) in [6, 6.07) is 11.4. The van der Waals surface area contributed by atoms with Crippen molar-refractivity contribution in [2.24, 2.45) is 5.92 Å². The van der Waals surface area contributed by atoms with E-state index in [2.05, 4.69) is 59.9 Å². The minimum absolute atomic E-state index is 0.516. The van der Waals surface area contributed by atoms with E-state index in [1.807, 2.05) is 0 Å². The quantitative estimate of drug-likeness (QED) is 0.428. The van der Waals surface area contributed by atoms with Crippen LogP contribution in [0.1, 0.15) is 36.8 Å². The third-order valence-corrected chi connectivity index (χ3v) is 7.45. The van der Waals surface area contributed by atoms with Crippen LogP contribution < -0.4 is 9.64 Å². The van der Waals surface area contributed by atoms with E-state index in [-0.39, 0.29) is 0 Å². The molecule has 0 N–H and O–H groups in total. The normalized spacial score (nSPS) is 17.1. The number of aromatic nitrogens is 2. The van der Waals surface area contributed by atoms with Gasteiger partial charge in [-0.25, -0.2) is 4.52 Å². The Morgan fingerprint density at radius 3 is 2.62 bits per heavy atom. The number of anilines is 1. The van der Waals surface area contributed by atoms with Crippen molar-refractivity contribution >= 4 is 23.0 Å². The van der Waals surface area contributed by atoms with Gasteiger partial charge in [0.05, 0.1) is 24.0 Å². The van der Waals surface area contributed by atoms with Gasteiger partial charge in [-0.15, -0.1) is 11.8 Å². The fourth-order valence-electron chi connectivity index (χ4n) is 5.05. The van der Waals surface area contributed by atoms with Crippen molar-refractivity contribution in [3.63, 3.8) is 0 Å². The summed E-state index contributed by atoms with van der Waals surface area (Å²) in [5.74, 6) is 1.71. The minimum Gasteiger partial charge on any atom is -0.496 e. The second-order valence-electron chi connectivity index (χ2n) is 9.16. The topological polar surface area (TPSA) is 39.0 Å². The van der Waals surface area contributed by atoms with Crippen LogP contribution in [0.15, 0.2) is 35.4 Å². The molecule has 1 saturated heterocycles. The van der Waals surface area contributed by atoms with Crippen LogP contribution in [0.5, 0.6) is 5.75 Å². The van der Waals surface area contributed by atoms with Crippen LogP contribution in [0.2, 0.25) is 0 Å². The number of hydrogen-bond donors (Lipinski definition) is 0. The number of hydrogen-bond acceptors (Lipinski definition) is 5. The van der Waals surface area contributed by atoms with E-state index in [0.717, 1.165) is 60.6 Å². The van der Waals surface area contributed by atoms with Crippen LogP contribution in [-0.2, 0) is 4.74 Å². The Balaban J connectivity index is 1.69. The predicted molar refractivity (Wildman–Crippen MR) is 132 cm³/mol. The zero-order valence-electron chi connectivity index (χ0n) is 19.6. The van der Waals surface area contributed by atoms with Crippen LogP contribution in [0, 0.1) is 19.8 Å². The van der Waals surface area contributed by atoms with Gasteiger partial charge in [-0.3, -0.25) is 0 Å². The highest BCUT2D eigenvalue weighted by molar-refractivity contribution is 7.98. The SMILES string of the molecule is COc1cc(C)cc(C)c1-c1cccc2c(N(CC3CC3)C3CCOCC3)c(SC)nn12. The van der Waals surface area contributed by atoms with Gasteiger partial charge >= 0.3 is 0 Å². The van der Waals surface area contributed by atoms with Crippen LogP contribution in [0.4, 0.5) is 5.69 Å². The summed E-state index contributed by atoms with van der Waals surface area (Å²) < 4.78 is 13.6. The molecule has 2 aliphatic rings. The molecule has 2 aromatic heterocycles. The Bertz CT molecular complexity index is 1120. The van der Waals surface area contributed by atoms with Gasteiger partial charge < -0.3 is 14.4 Å². The molecule has 0 spiro atoms. The largest absolute Gasteiger partial charge is 0.496 e. The van der Waals surface area contributed by atoms with E-state index in [4.69, 9.17) is 14.6 Å². The van der Waals surface area contributed by atoms with Crippen molar-refractivity contribution in [1.29, 1.82) is 0 Å². The summed E-state index contributed by atoms with van der Waals surface area (Å²) in [6.07, 6.45) is 7.00. The molecule has 6 heteroatoms. The molecule has 1 saturated carbocycles. The van der Waals surface area contributed by atoms with Crippen molar-refractivity contribution in [2.75, 3.05) is 38.0 Å². The van der Waals surface area contributed by atoms with Crippen molar-refractivity contribution in [3.8, 4) is 17.0 Å². The first-order valence-corrected chi connectivity index (χ1v) is 12.9.